The summed E-state index contributed by atoms with van der Waals surface area (Å²) in [5.74, 6) is 0.248. The number of hydrogen-bond donors (Lipinski definition) is 0. The van der Waals surface area contributed by atoms with Crippen LogP contribution in [0.3, 0.4) is 0 Å². The number of aromatic nitrogens is 2. The van der Waals surface area contributed by atoms with Gasteiger partial charge in [0.2, 0.25) is 11.8 Å². The molecule has 0 radical (unpaired) electrons. The van der Waals surface area contributed by atoms with Gasteiger partial charge in [-0.05, 0) is 17.7 Å². The van der Waals surface area contributed by atoms with Gasteiger partial charge in [-0.2, -0.15) is 5.10 Å². The SMILES string of the molecule is COc1cccc(N2C[C@@H](C(=O)N(C)Cc3cnn(Cc4ccccc4)c3)CC2=O)c1. The lowest BCUT2D eigenvalue weighted by molar-refractivity contribution is -0.135. The minimum atomic E-state index is -0.358. The molecule has 0 unspecified atom stereocenters. The Bertz CT molecular complexity index is 1060. The van der Waals surface area contributed by atoms with E-state index in [0.29, 0.717) is 25.4 Å². The molecule has 160 valence electrons. The Labute approximate surface area is 181 Å². The number of anilines is 1. The summed E-state index contributed by atoms with van der Waals surface area (Å²) in [5, 5.41) is 4.41. The van der Waals surface area contributed by atoms with Crippen LogP contribution in [0.25, 0.3) is 0 Å². The van der Waals surface area contributed by atoms with Crippen molar-refractivity contribution in [1.29, 1.82) is 0 Å². The van der Waals surface area contributed by atoms with Gasteiger partial charge in [-0.1, -0.05) is 36.4 Å². The second-order valence-corrected chi connectivity index (χ2v) is 7.83. The van der Waals surface area contributed by atoms with Gasteiger partial charge in [-0.25, -0.2) is 0 Å². The first kappa shape index (κ1) is 20.7. The first-order valence-electron chi connectivity index (χ1n) is 10.3. The third-order valence-electron chi connectivity index (χ3n) is 5.51. The number of nitrogens with zero attached hydrogens (tertiary/aromatic N) is 4. The van der Waals surface area contributed by atoms with Gasteiger partial charge in [0.25, 0.3) is 0 Å². The normalized spacial score (nSPS) is 15.9. The fourth-order valence-electron chi connectivity index (χ4n) is 3.91. The molecule has 31 heavy (non-hydrogen) atoms. The van der Waals surface area contributed by atoms with Gasteiger partial charge in [0.1, 0.15) is 5.75 Å². The van der Waals surface area contributed by atoms with E-state index in [1.165, 1.54) is 5.56 Å². The highest BCUT2D eigenvalue weighted by Crippen LogP contribution is 2.28. The van der Waals surface area contributed by atoms with E-state index in [0.717, 1.165) is 11.3 Å². The van der Waals surface area contributed by atoms with Crippen molar-refractivity contribution in [2.75, 3.05) is 25.6 Å². The van der Waals surface area contributed by atoms with E-state index < -0.39 is 0 Å². The predicted octanol–water partition coefficient (Wildman–Crippen LogP) is 2.95. The molecule has 2 amide bonds. The van der Waals surface area contributed by atoms with Gasteiger partial charge < -0.3 is 14.5 Å². The van der Waals surface area contributed by atoms with Gasteiger partial charge in [0.05, 0.1) is 25.8 Å². The molecule has 1 aliphatic heterocycles. The summed E-state index contributed by atoms with van der Waals surface area (Å²) in [5.41, 5.74) is 2.88. The quantitative estimate of drug-likeness (QED) is 0.592. The van der Waals surface area contributed by atoms with Crippen LogP contribution in [0.5, 0.6) is 5.75 Å². The second kappa shape index (κ2) is 9.04. The molecule has 0 bridgehead atoms. The Morgan fingerprint density at radius 1 is 1.16 bits per heavy atom. The van der Waals surface area contributed by atoms with Crippen LogP contribution in [-0.2, 0) is 22.7 Å². The van der Waals surface area contributed by atoms with E-state index in [1.807, 2.05) is 53.3 Å². The Balaban J connectivity index is 1.37. The number of rotatable bonds is 7. The Morgan fingerprint density at radius 3 is 2.74 bits per heavy atom. The Hall–Kier alpha value is -3.61. The van der Waals surface area contributed by atoms with Crippen LogP contribution in [0, 0.1) is 5.92 Å². The highest BCUT2D eigenvalue weighted by molar-refractivity contribution is 6.00. The summed E-state index contributed by atoms with van der Waals surface area (Å²) in [6.07, 6.45) is 3.96. The fraction of sp³-hybridized carbons (Fsp3) is 0.292. The maximum atomic E-state index is 13.0. The number of carbonyl (C=O) groups excluding carboxylic acids is 2. The highest BCUT2D eigenvalue weighted by atomic mass is 16.5. The molecular formula is C24H26N4O3. The number of ether oxygens (including phenoxy) is 1. The summed E-state index contributed by atoms with van der Waals surface area (Å²) in [4.78, 5) is 28.9. The van der Waals surface area contributed by atoms with Crippen molar-refractivity contribution in [2.24, 2.45) is 5.92 Å². The highest BCUT2D eigenvalue weighted by Gasteiger charge is 2.36. The predicted molar refractivity (Wildman–Crippen MR) is 118 cm³/mol. The average molecular weight is 418 g/mol. The van der Waals surface area contributed by atoms with Gasteiger partial charge in [0.15, 0.2) is 0 Å². The fourth-order valence-corrected chi connectivity index (χ4v) is 3.91. The molecule has 3 aromatic rings. The van der Waals surface area contributed by atoms with E-state index in [1.54, 1.807) is 30.2 Å². The zero-order valence-corrected chi connectivity index (χ0v) is 17.8. The number of amides is 2. The molecule has 1 aliphatic rings. The molecule has 2 aromatic carbocycles. The molecule has 0 spiro atoms. The number of methoxy groups -OCH3 is 1. The lowest BCUT2D eigenvalue weighted by Gasteiger charge is -2.21. The molecule has 0 saturated carbocycles. The minimum absolute atomic E-state index is 0.0328. The molecular weight excluding hydrogens is 392 g/mol. The molecule has 0 aliphatic carbocycles. The first-order chi connectivity index (χ1) is 15.0. The minimum Gasteiger partial charge on any atom is -0.497 e. The smallest absolute Gasteiger partial charge is 0.228 e. The van der Waals surface area contributed by atoms with Crippen molar-refractivity contribution < 1.29 is 14.3 Å². The van der Waals surface area contributed by atoms with Crippen LogP contribution in [0.1, 0.15) is 17.5 Å². The van der Waals surface area contributed by atoms with E-state index in [4.69, 9.17) is 4.74 Å². The third kappa shape index (κ3) is 4.77. The van der Waals surface area contributed by atoms with Crippen LogP contribution >= 0.6 is 0 Å². The monoisotopic (exact) mass is 418 g/mol. The maximum Gasteiger partial charge on any atom is 0.228 e. The number of hydrogen-bond acceptors (Lipinski definition) is 4. The largest absolute Gasteiger partial charge is 0.497 e. The van der Waals surface area contributed by atoms with Crippen molar-refractivity contribution in [3.05, 3.63) is 78.1 Å². The van der Waals surface area contributed by atoms with Gasteiger partial charge >= 0.3 is 0 Å². The van der Waals surface area contributed by atoms with Crippen LogP contribution < -0.4 is 9.64 Å². The topological polar surface area (TPSA) is 67.7 Å². The summed E-state index contributed by atoms with van der Waals surface area (Å²) in [6, 6.07) is 17.5. The van der Waals surface area contributed by atoms with E-state index >= 15 is 0 Å². The second-order valence-electron chi connectivity index (χ2n) is 7.83. The molecule has 1 fully saturated rings. The number of carbonyl (C=O) groups is 2. The zero-order chi connectivity index (χ0) is 21.8. The molecule has 2 heterocycles. The van der Waals surface area contributed by atoms with Crippen LogP contribution in [0.2, 0.25) is 0 Å². The summed E-state index contributed by atoms with van der Waals surface area (Å²) >= 11 is 0. The summed E-state index contributed by atoms with van der Waals surface area (Å²) < 4.78 is 7.11. The summed E-state index contributed by atoms with van der Waals surface area (Å²) in [7, 11) is 3.36. The van der Waals surface area contributed by atoms with Crippen LogP contribution in [0.4, 0.5) is 5.69 Å². The zero-order valence-electron chi connectivity index (χ0n) is 17.8. The lowest BCUT2D eigenvalue weighted by atomic mass is 10.1. The van der Waals surface area contributed by atoms with Crippen molar-refractivity contribution in [3.8, 4) is 5.75 Å². The Morgan fingerprint density at radius 2 is 1.97 bits per heavy atom. The van der Waals surface area contributed by atoms with E-state index in [2.05, 4.69) is 17.2 Å². The molecule has 1 aromatic heterocycles. The van der Waals surface area contributed by atoms with Crippen molar-refractivity contribution in [3.63, 3.8) is 0 Å². The van der Waals surface area contributed by atoms with Gasteiger partial charge in [0, 0.05) is 50.1 Å². The molecule has 1 saturated heterocycles. The van der Waals surface area contributed by atoms with Crippen molar-refractivity contribution in [2.45, 2.75) is 19.5 Å². The van der Waals surface area contributed by atoms with Gasteiger partial charge in [-0.3, -0.25) is 14.3 Å². The third-order valence-corrected chi connectivity index (χ3v) is 5.51. The number of benzene rings is 2. The first-order valence-corrected chi connectivity index (χ1v) is 10.3. The van der Waals surface area contributed by atoms with E-state index in [-0.39, 0.29) is 24.2 Å². The lowest BCUT2D eigenvalue weighted by Crippen LogP contribution is -2.34. The van der Waals surface area contributed by atoms with Crippen molar-refractivity contribution >= 4 is 17.5 Å². The van der Waals surface area contributed by atoms with Crippen LogP contribution in [0.15, 0.2) is 67.0 Å². The average Bonchev–Trinajstić information content (AvgIpc) is 3.40. The van der Waals surface area contributed by atoms with Crippen LogP contribution in [-0.4, -0.2) is 47.2 Å². The molecule has 1 atom stereocenters. The maximum absolute atomic E-state index is 13.0. The molecule has 4 rings (SSSR count). The molecule has 0 N–H and O–H groups in total. The standard InChI is InChI=1S/C24H26N4O3/c1-26(14-19-13-25-27(16-19)15-18-7-4-3-5-8-18)24(30)20-11-23(29)28(17-20)21-9-6-10-22(12-21)31-2/h3-10,12-13,16,20H,11,14-15,17H2,1-2H3/t20-/m0/s1. The molecule has 7 heteroatoms. The van der Waals surface area contributed by atoms with E-state index in [9.17, 15) is 9.59 Å². The Kier molecular flexibility index (Phi) is 6.02. The summed E-state index contributed by atoms with van der Waals surface area (Å²) in [6.45, 7) is 1.52. The van der Waals surface area contributed by atoms with Gasteiger partial charge in [-0.15, -0.1) is 0 Å². The van der Waals surface area contributed by atoms with Crippen molar-refractivity contribution in [1.82, 2.24) is 14.7 Å². The molecule has 7 nitrogen and oxygen atoms in total.